The Morgan fingerprint density at radius 2 is 2.06 bits per heavy atom. The highest BCUT2D eigenvalue weighted by molar-refractivity contribution is 9.10. The van der Waals surface area contributed by atoms with Gasteiger partial charge in [-0.15, -0.1) is 0 Å². The number of halogens is 2. The maximum Gasteiger partial charge on any atom is 0.162 e. The second-order valence-corrected chi connectivity index (χ2v) is 5.01. The second kappa shape index (κ2) is 5.29. The summed E-state index contributed by atoms with van der Waals surface area (Å²) in [6.07, 6.45) is 2.93. The van der Waals surface area contributed by atoms with E-state index >= 15 is 0 Å². The molecule has 6 heteroatoms. The van der Waals surface area contributed by atoms with E-state index in [1.165, 1.54) is 0 Å². The number of nitrogen functional groups attached to an aromatic ring is 1. The molecule has 0 saturated carbocycles. The van der Waals surface area contributed by atoms with Crippen molar-refractivity contribution < 1.29 is 4.74 Å². The molecule has 1 aliphatic rings. The summed E-state index contributed by atoms with van der Waals surface area (Å²) in [5.41, 5.74) is 6.61. The van der Waals surface area contributed by atoms with E-state index in [0.29, 0.717) is 21.5 Å². The molecule has 0 radical (unpaired) electrons. The van der Waals surface area contributed by atoms with Crippen LogP contribution in [0.15, 0.2) is 4.60 Å². The third-order valence-corrected chi connectivity index (χ3v) is 3.79. The van der Waals surface area contributed by atoms with Gasteiger partial charge in [0, 0.05) is 13.2 Å². The molecule has 1 fully saturated rings. The molecule has 4 nitrogen and oxygen atoms in total. The van der Waals surface area contributed by atoms with Gasteiger partial charge in [-0.1, -0.05) is 11.6 Å². The molecule has 0 spiro atoms. The van der Waals surface area contributed by atoms with Gasteiger partial charge >= 0.3 is 0 Å². The first kappa shape index (κ1) is 12.1. The highest BCUT2D eigenvalue weighted by atomic mass is 79.9. The molecule has 1 saturated heterocycles. The number of ether oxygens (including phenoxy) is 1. The Morgan fingerprint density at radius 3 is 2.75 bits per heavy atom. The van der Waals surface area contributed by atoms with Crippen LogP contribution < -0.4 is 5.73 Å². The molecule has 0 atom stereocenters. The van der Waals surface area contributed by atoms with E-state index in [1.807, 2.05) is 0 Å². The van der Waals surface area contributed by atoms with Crippen LogP contribution in [0.4, 0.5) is 5.82 Å². The minimum absolute atomic E-state index is 0.372. The van der Waals surface area contributed by atoms with Crippen molar-refractivity contribution in [2.24, 2.45) is 5.92 Å². The van der Waals surface area contributed by atoms with Gasteiger partial charge in [-0.05, 0) is 41.1 Å². The normalized spacial score (nSPS) is 17.6. The lowest BCUT2D eigenvalue weighted by molar-refractivity contribution is 0.0663. The summed E-state index contributed by atoms with van der Waals surface area (Å²) in [5.74, 6) is 1.03. The van der Waals surface area contributed by atoms with Gasteiger partial charge in [0.2, 0.25) is 0 Å². The highest BCUT2D eigenvalue weighted by Gasteiger charge is 2.17. The van der Waals surface area contributed by atoms with Crippen molar-refractivity contribution in [3.8, 4) is 0 Å². The predicted octanol–water partition coefficient (Wildman–Crippen LogP) is 2.44. The largest absolute Gasteiger partial charge is 0.382 e. The fourth-order valence-electron chi connectivity index (χ4n) is 1.81. The quantitative estimate of drug-likeness (QED) is 0.911. The molecular weight excluding hydrogens is 293 g/mol. The Balaban J connectivity index is 2.11. The van der Waals surface area contributed by atoms with Gasteiger partial charge in [0.25, 0.3) is 0 Å². The van der Waals surface area contributed by atoms with Crippen LogP contribution in [0.1, 0.15) is 18.5 Å². The van der Waals surface area contributed by atoms with Crippen molar-refractivity contribution in [3.05, 3.63) is 15.5 Å². The van der Waals surface area contributed by atoms with Gasteiger partial charge in [-0.2, -0.15) is 0 Å². The van der Waals surface area contributed by atoms with E-state index in [0.717, 1.165) is 38.2 Å². The monoisotopic (exact) mass is 305 g/mol. The van der Waals surface area contributed by atoms with E-state index in [4.69, 9.17) is 22.1 Å². The average molecular weight is 307 g/mol. The maximum atomic E-state index is 5.90. The minimum atomic E-state index is 0.372. The number of rotatable bonds is 2. The van der Waals surface area contributed by atoms with E-state index in [-0.39, 0.29) is 0 Å². The smallest absolute Gasteiger partial charge is 0.162 e. The van der Waals surface area contributed by atoms with Gasteiger partial charge in [-0.3, -0.25) is 0 Å². The molecule has 88 valence electrons. The Hall–Kier alpha value is -0.390. The molecule has 0 aromatic carbocycles. The lowest BCUT2D eigenvalue weighted by Crippen LogP contribution is -2.19. The SMILES string of the molecule is Nc1nc(Br)c(Cl)nc1CC1CCOCC1. The van der Waals surface area contributed by atoms with Crippen LogP contribution in [0.3, 0.4) is 0 Å². The Labute approximate surface area is 108 Å². The number of nitrogens with two attached hydrogens (primary N) is 1. The van der Waals surface area contributed by atoms with Crippen LogP contribution in [0.2, 0.25) is 5.15 Å². The molecule has 0 bridgehead atoms. The number of aromatic nitrogens is 2. The third-order valence-electron chi connectivity index (χ3n) is 2.74. The summed E-state index contributed by atoms with van der Waals surface area (Å²) in [7, 11) is 0. The summed E-state index contributed by atoms with van der Waals surface area (Å²) in [6, 6.07) is 0. The predicted molar refractivity (Wildman–Crippen MR) is 66.4 cm³/mol. The summed E-state index contributed by atoms with van der Waals surface area (Å²) >= 11 is 9.10. The summed E-state index contributed by atoms with van der Waals surface area (Å²) in [4.78, 5) is 8.36. The van der Waals surface area contributed by atoms with Crippen molar-refractivity contribution in [3.63, 3.8) is 0 Å². The molecule has 2 heterocycles. The number of nitrogens with zero attached hydrogens (tertiary/aromatic N) is 2. The lowest BCUT2D eigenvalue weighted by Gasteiger charge is -2.21. The van der Waals surface area contributed by atoms with Crippen LogP contribution in [0.25, 0.3) is 0 Å². The third kappa shape index (κ3) is 2.84. The Kier molecular flexibility index (Phi) is 4.00. The first-order chi connectivity index (χ1) is 7.66. The summed E-state index contributed by atoms with van der Waals surface area (Å²) < 4.78 is 5.81. The molecule has 2 rings (SSSR count). The van der Waals surface area contributed by atoms with Gasteiger partial charge in [0.05, 0.1) is 5.69 Å². The zero-order valence-corrected chi connectivity index (χ0v) is 11.1. The fraction of sp³-hybridized carbons (Fsp3) is 0.600. The lowest BCUT2D eigenvalue weighted by atomic mass is 9.95. The first-order valence-electron chi connectivity index (χ1n) is 5.22. The van der Waals surface area contributed by atoms with Crippen molar-refractivity contribution >= 4 is 33.3 Å². The van der Waals surface area contributed by atoms with Gasteiger partial charge < -0.3 is 10.5 Å². The van der Waals surface area contributed by atoms with E-state index in [1.54, 1.807) is 0 Å². The van der Waals surface area contributed by atoms with Gasteiger partial charge in [0.15, 0.2) is 5.15 Å². The summed E-state index contributed by atoms with van der Waals surface area (Å²) in [6.45, 7) is 1.64. The standard InChI is InChI=1S/C10H13BrClN3O/c11-8-9(12)14-7(10(13)15-8)5-6-1-3-16-4-2-6/h6H,1-5H2,(H2,13,15). The van der Waals surface area contributed by atoms with Crippen LogP contribution in [0.5, 0.6) is 0 Å². The molecule has 0 amide bonds. The number of hydrogen-bond acceptors (Lipinski definition) is 4. The molecule has 1 aromatic heterocycles. The van der Waals surface area contributed by atoms with Gasteiger partial charge in [0.1, 0.15) is 10.4 Å². The minimum Gasteiger partial charge on any atom is -0.382 e. The molecule has 1 aliphatic heterocycles. The maximum absolute atomic E-state index is 5.90. The van der Waals surface area contributed by atoms with E-state index in [9.17, 15) is 0 Å². The molecule has 0 aliphatic carbocycles. The van der Waals surface area contributed by atoms with Gasteiger partial charge in [-0.25, -0.2) is 9.97 Å². The average Bonchev–Trinajstić information content (AvgIpc) is 2.27. The molecule has 0 unspecified atom stereocenters. The topological polar surface area (TPSA) is 61.0 Å². The van der Waals surface area contributed by atoms with Crippen LogP contribution >= 0.6 is 27.5 Å². The highest BCUT2D eigenvalue weighted by Crippen LogP contribution is 2.25. The van der Waals surface area contributed by atoms with Crippen molar-refractivity contribution in [2.75, 3.05) is 18.9 Å². The van der Waals surface area contributed by atoms with Crippen LogP contribution in [-0.4, -0.2) is 23.2 Å². The first-order valence-corrected chi connectivity index (χ1v) is 6.39. The van der Waals surface area contributed by atoms with E-state index in [2.05, 4.69) is 25.9 Å². The number of anilines is 1. The zero-order chi connectivity index (χ0) is 11.5. The molecule has 1 aromatic rings. The van der Waals surface area contributed by atoms with Crippen molar-refractivity contribution in [2.45, 2.75) is 19.3 Å². The Bertz CT molecular complexity index is 383. The van der Waals surface area contributed by atoms with Crippen LogP contribution in [-0.2, 0) is 11.2 Å². The molecular formula is C10H13BrClN3O. The molecule has 16 heavy (non-hydrogen) atoms. The van der Waals surface area contributed by atoms with Crippen LogP contribution in [0, 0.1) is 5.92 Å². The zero-order valence-electron chi connectivity index (χ0n) is 8.75. The van der Waals surface area contributed by atoms with Crippen molar-refractivity contribution in [1.29, 1.82) is 0 Å². The van der Waals surface area contributed by atoms with E-state index < -0.39 is 0 Å². The molecule has 2 N–H and O–H groups in total. The van der Waals surface area contributed by atoms with Crippen molar-refractivity contribution in [1.82, 2.24) is 9.97 Å². The summed E-state index contributed by atoms with van der Waals surface area (Å²) in [5, 5.41) is 0.372. The Morgan fingerprint density at radius 1 is 1.38 bits per heavy atom. The fourth-order valence-corrected chi connectivity index (χ4v) is 2.24. The number of hydrogen-bond donors (Lipinski definition) is 1. The second-order valence-electron chi connectivity index (χ2n) is 3.90.